The number of hydrogen-bond acceptors (Lipinski definition) is 3. The molecule has 0 saturated carbocycles. The van der Waals surface area contributed by atoms with Crippen LogP contribution in [-0.4, -0.2) is 26.5 Å². The van der Waals surface area contributed by atoms with Gasteiger partial charge in [-0.2, -0.15) is 0 Å². The number of nitrogens with one attached hydrogen (secondary N) is 2. The van der Waals surface area contributed by atoms with E-state index < -0.39 is 0 Å². The van der Waals surface area contributed by atoms with Crippen LogP contribution in [0.2, 0.25) is 0 Å². The molecule has 0 spiro atoms. The molecule has 2 aliphatic heterocycles. The van der Waals surface area contributed by atoms with Gasteiger partial charge in [-0.3, -0.25) is 0 Å². The average molecular weight is 459 g/mol. The van der Waals surface area contributed by atoms with E-state index in [9.17, 15) is 0 Å². The number of nitrogens with zero attached hydrogens (tertiary/aromatic N) is 2. The first-order valence-electron chi connectivity index (χ1n) is 12.0. The van der Waals surface area contributed by atoms with E-state index in [0.717, 1.165) is 74.6 Å². The van der Waals surface area contributed by atoms with Crippen LogP contribution in [0.1, 0.15) is 42.5 Å². The van der Waals surface area contributed by atoms with Crippen molar-refractivity contribution < 1.29 is 4.74 Å². The minimum atomic E-state index is 0.707. The molecule has 5 heteroatoms. The van der Waals surface area contributed by atoms with E-state index >= 15 is 0 Å². The second-order valence-electron chi connectivity index (χ2n) is 8.79. The molecular formula is C30H26N4O. The Morgan fingerprint density at radius 3 is 2.11 bits per heavy atom. The summed E-state index contributed by atoms with van der Waals surface area (Å²) in [6.45, 7) is 2.88. The van der Waals surface area contributed by atoms with Crippen molar-refractivity contribution in [3.63, 3.8) is 0 Å². The number of unbranched alkanes of at least 4 members (excludes halogenated alkanes) is 1. The van der Waals surface area contributed by atoms with Crippen molar-refractivity contribution in [2.45, 2.75) is 19.8 Å². The summed E-state index contributed by atoms with van der Waals surface area (Å²) in [5, 5.41) is 0. The van der Waals surface area contributed by atoms with E-state index in [2.05, 4.69) is 59.4 Å². The predicted molar refractivity (Wildman–Crippen MR) is 145 cm³/mol. The smallest absolute Gasteiger partial charge is 0.127 e. The predicted octanol–water partition coefficient (Wildman–Crippen LogP) is 7.50. The molecule has 2 aliphatic rings. The van der Waals surface area contributed by atoms with Crippen molar-refractivity contribution in [2.75, 3.05) is 6.61 Å². The van der Waals surface area contributed by atoms with Gasteiger partial charge in [-0.25, -0.2) is 9.97 Å². The van der Waals surface area contributed by atoms with Crippen molar-refractivity contribution in [2.24, 2.45) is 0 Å². The number of H-pyrrole nitrogens is 2. The molecule has 6 rings (SSSR count). The zero-order valence-corrected chi connectivity index (χ0v) is 19.6. The van der Waals surface area contributed by atoms with Crippen LogP contribution >= 0.6 is 0 Å². The molecular weight excluding hydrogens is 432 g/mol. The van der Waals surface area contributed by atoms with Crippen molar-refractivity contribution >= 4 is 46.4 Å². The van der Waals surface area contributed by atoms with Gasteiger partial charge < -0.3 is 14.7 Å². The molecule has 35 heavy (non-hydrogen) atoms. The molecule has 2 N–H and O–H groups in total. The summed E-state index contributed by atoms with van der Waals surface area (Å²) >= 11 is 0. The van der Waals surface area contributed by atoms with E-state index in [0.29, 0.717) is 6.61 Å². The third-order valence-electron chi connectivity index (χ3n) is 6.10. The first-order valence-corrected chi connectivity index (χ1v) is 12.0. The summed E-state index contributed by atoms with van der Waals surface area (Å²) in [5.41, 5.74) is 9.76. The van der Waals surface area contributed by atoms with Crippen LogP contribution in [0.3, 0.4) is 0 Å². The van der Waals surface area contributed by atoms with Gasteiger partial charge in [0.2, 0.25) is 0 Å². The van der Waals surface area contributed by atoms with Crippen molar-refractivity contribution in [3.05, 3.63) is 89.5 Å². The normalized spacial score (nSPS) is 12.3. The summed E-state index contributed by atoms with van der Waals surface area (Å²) in [4.78, 5) is 16.6. The van der Waals surface area contributed by atoms with Gasteiger partial charge in [0.15, 0.2) is 0 Å². The number of fused-ring (bicyclic) bond motifs is 8. The Balaban J connectivity index is 1.59. The SMILES string of the molecule is CCCCOc1ccccc1-c1cc2cc3ccc(cc4nc(cc5nc(cc1[nH]2)C=C5)C=C4)[nH]3. The van der Waals surface area contributed by atoms with Crippen molar-refractivity contribution in [3.8, 4) is 16.9 Å². The van der Waals surface area contributed by atoms with Gasteiger partial charge >= 0.3 is 0 Å². The van der Waals surface area contributed by atoms with Gasteiger partial charge in [0.25, 0.3) is 0 Å². The summed E-state index contributed by atoms with van der Waals surface area (Å²) in [6.07, 6.45) is 10.2. The second kappa shape index (κ2) is 9.11. The first kappa shape index (κ1) is 21.2. The first-order chi connectivity index (χ1) is 17.2. The molecule has 4 aromatic rings. The zero-order valence-electron chi connectivity index (χ0n) is 19.6. The number of hydrogen-bond donors (Lipinski definition) is 2. The van der Waals surface area contributed by atoms with E-state index in [1.165, 1.54) is 0 Å². The minimum absolute atomic E-state index is 0.707. The van der Waals surface area contributed by atoms with E-state index in [-0.39, 0.29) is 0 Å². The molecule has 5 nitrogen and oxygen atoms in total. The number of para-hydroxylation sites is 1. The minimum Gasteiger partial charge on any atom is -0.493 e. The summed E-state index contributed by atoms with van der Waals surface area (Å²) < 4.78 is 6.16. The lowest BCUT2D eigenvalue weighted by molar-refractivity contribution is 0.310. The number of benzene rings is 1. The highest BCUT2D eigenvalue weighted by Crippen LogP contribution is 2.34. The third-order valence-corrected chi connectivity index (χ3v) is 6.10. The maximum atomic E-state index is 6.16. The highest BCUT2D eigenvalue weighted by atomic mass is 16.5. The fraction of sp³-hybridized carbons (Fsp3) is 0.133. The highest BCUT2D eigenvalue weighted by Gasteiger charge is 2.11. The lowest BCUT2D eigenvalue weighted by atomic mass is 10.1. The molecule has 0 aliphatic carbocycles. The van der Waals surface area contributed by atoms with Crippen LogP contribution in [0.25, 0.3) is 57.5 Å². The molecule has 0 atom stereocenters. The van der Waals surface area contributed by atoms with Gasteiger partial charge in [-0.05, 0) is 79.3 Å². The van der Waals surface area contributed by atoms with Crippen LogP contribution in [0.15, 0.2) is 66.7 Å². The Bertz CT molecular complexity index is 1620. The molecule has 1 aromatic carbocycles. The van der Waals surface area contributed by atoms with Crippen LogP contribution in [0.5, 0.6) is 5.75 Å². The average Bonchev–Trinajstić information content (AvgIpc) is 3.65. The number of aromatic amines is 2. The molecule has 0 radical (unpaired) electrons. The Morgan fingerprint density at radius 1 is 0.657 bits per heavy atom. The number of ether oxygens (including phenoxy) is 1. The molecule has 0 fully saturated rings. The van der Waals surface area contributed by atoms with Gasteiger partial charge in [-0.15, -0.1) is 0 Å². The quantitative estimate of drug-likeness (QED) is 0.263. The maximum absolute atomic E-state index is 6.16. The van der Waals surface area contributed by atoms with E-state index in [4.69, 9.17) is 14.7 Å². The molecule has 3 aromatic heterocycles. The molecule has 5 heterocycles. The largest absolute Gasteiger partial charge is 0.493 e. The topological polar surface area (TPSA) is 66.6 Å². The lowest BCUT2D eigenvalue weighted by Gasteiger charge is -2.10. The maximum Gasteiger partial charge on any atom is 0.127 e. The van der Waals surface area contributed by atoms with Crippen LogP contribution < -0.4 is 4.74 Å². The molecule has 0 saturated heterocycles. The number of rotatable bonds is 5. The Labute approximate surface area is 203 Å². The summed E-state index contributed by atoms with van der Waals surface area (Å²) in [6, 6.07) is 22.8. The fourth-order valence-electron chi connectivity index (χ4n) is 4.38. The zero-order chi connectivity index (χ0) is 23.6. The monoisotopic (exact) mass is 458 g/mol. The summed E-state index contributed by atoms with van der Waals surface area (Å²) in [7, 11) is 0. The highest BCUT2D eigenvalue weighted by molar-refractivity contribution is 5.90. The van der Waals surface area contributed by atoms with Crippen LogP contribution in [0, 0.1) is 0 Å². The Kier molecular flexibility index (Phi) is 5.51. The van der Waals surface area contributed by atoms with E-state index in [1.54, 1.807) is 0 Å². The Hall–Kier alpha value is -4.38. The molecule has 0 amide bonds. The Morgan fingerprint density at radius 2 is 1.34 bits per heavy atom. The van der Waals surface area contributed by atoms with Crippen molar-refractivity contribution in [1.29, 1.82) is 0 Å². The van der Waals surface area contributed by atoms with Crippen LogP contribution in [-0.2, 0) is 0 Å². The van der Waals surface area contributed by atoms with Gasteiger partial charge in [0.1, 0.15) is 5.75 Å². The van der Waals surface area contributed by atoms with Gasteiger partial charge in [0, 0.05) is 33.2 Å². The van der Waals surface area contributed by atoms with Crippen LogP contribution in [0.4, 0.5) is 0 Å². The lowest BCUT2D eigenvalue weighted by Crippen LogP contribution is -1.97. The molecule has 0 unspecified atom stereocenters. The van der Waals surface area contributed by atoms with E-state index in [1.807, 2.05) is 48.6 Å². The number of aromatic nitrogens is 4. The molecule has 8 bridgehead atoms. The van der Waals surface area contributed by atoms with Crippen molar-refractivity contribution in [1.82, 2.24) is 19.9 Å². The third kappa shape index (κ3) is 4.53. The molecule has 172 valence electrons. The summed E-state index contributed by atoms with van der Waals surface area (Å²) in [5.74, 6) is 0.895. The second-order valence-corrected chi connectivity index (χ2v) is 8.79. The standard InChI is InChI=1S/C30H26N4O/c1-2-3-14-35-30-7-5-4-6-27(30)28-18-26-17-24-11-10-22(32-24)15-20-8-9-21(31-20)16-23-12-13-25(33-23)19-29(28)34-26/h4-13,15-19,32,34H,2-3,14H2,1H3. The fourth-order valence-corrected chi connectivity index (χ4v) is 4.38. The van der Waals surface area contributed by atoms with Gasteiger partial charge in [0.05, 0.1) is 29.4 Å². The van der Waals surface area contributed by atoms with Gasteiger partial charge in [-0.1, -0.05) is 31.5 Å².